The summed E-state index contributed by atoms with van der Waals surface area (Å²) < 4.78 is 17.1. The zero-order chi connectivity index (χ0) is 13.0. The number of aryl methyl sites for hydroxylation is 1. The maximum Gasteiger partial charge on any atom is 0.315 e. The van der Waals surface area contributed by atoms with Crippen LogP contribution in [0.4, 0.5) is 9.18 Å². The lowest BCUT2D eigenvalue weighted by molar-refractivity contribution is 0.236. The van der Waals surface area contributed by atoms with Gasteiger partial charge in [-0.2, -0.15) is 0 Å². The Morgan fingerprint density at radius 2 is 2.39 bits per heavy atom. The number of carbonyl (C=O) groups is 1. The van der Waals surface area contributed by atoms with E-state index >= 15 is 0 Å². The van der Waals surface area contributed by atoms with Crippen molar-refractivity contribution in [1.29, 1.82) is 0 Å². The molecule has 0 aromatic heterocycles. The zero-order valence-electron chi connectivity index (χ0n) is 10.3. The van der Waals surface area contributed by atoms with Crippen LogP contribution >= 0.6 is 0 Å². The highest BCUT2D eigenvalue weighted by molar-refractivity contribution is 5.74. The third-order valence-electron chi connectivity index (χ3n) is 3.12. The standard InChI is InChI=1S/C13H17FN2O2/c1-18-10-4-2-9-3-5-12(11(9)8-10)16-13(17)15-7-6-14/h2,4,8,12H,3,5-7H2,1H3,(H2,15,16,17). The summed E-state index contributed by atoms with van der Waals surface area (Å²) in [5.74, 6) is 0.784. The largest absolute Gasteiger partial charge is 0.497 e. The minimum atomic E-state index is -0.553. The van der Waals surface area contributed by atoms with Gasteiger partial charge >= 0.3 is 6.03 Å². The van der Waals surface area contributed by atoms with E-state index in [1.165, 1.54) is 5.56 Å². The van der Waals surface area contributed by atoms with Crippen molar-refractivity contribution in [2.24, 2.45) is 0 Å². The van der Waals surface area contributed by atoms with E-state index in [1.807, 2.05) is 18.2 Å². The van der Waals surface area contributed by atoms with E-state index in [1.54, 1.807) is 7.11 Å². The van der Waals surface area contributed by atoms with Gasteiger partial charge in [-0.3, -0.25) is 0 Å². The van der Waals surface area contributed by atoms with Gasteiger partial charge in [0.05, 0.1) is 13.2 Å². The van der Waals surface area contributed by atoms with Crippen molar-refractivity contribution in [1.82, 2.24) is 10.6 Å². The lowest BCUT2D eigenvalue weighted by Crippen LogP contribution is -2.38. The van der Waals surface area contributed by atoms with E-state index in [0.29, 0.717) is 0 Å². The number of benzene rings is 1. The van der Waals surface area contributed by atoms with E-state index in [-0.39, 0.29) is 18.6 Å². The van der Waals surface area contributed by atoms with Crippen LogP contribution < -0.4 is 15.4 Å². The first-order valence-corrected chi connectivity index (χ1v) is 6.01. The SMILES string of the molecule is COc1ccc2c(c1)C(NC(=O)NCCF)CC2. The van der Waals surface area contributed by atoms with Crippen LogP contribution in [0.1, 0.15) is 23.6 Å². The van der Waals surface area contributed by atoms with Crippen LogP contribution in [-0.4, -0.2) is 26.4 Å². The van der Waals surface area contributed by atoms with Crippen molar-refractivity contribution in [3.8, 4) is 5.75 Å². The molecule has 0 spiro atoms. The number of ether oxygens (including phenoxy) is 1. The Bertz CT molecular complexity index is 437. The van der Waals surface area contributed by atoms with Crippen LogP contribution in [0.15, 0.2) is 18.2 Å². The molecule has 1 aliphatic rings. The highest BCUT2D eigenvalue weighted by Crippen LogP contribution is 2.33. The third-order valence-corrected chi connectivity index (χ3v) is 3.12. The summed E-state index contributed by atoms with van der Waals surface area (Å²) >= 11 is 0. The predicted octanol–water partition coefficient (Wildman–Crippen LogP) is 1.95. The summed E-state index contributed by atoms with van der Waals surface area (Å²) in [6, 6.07) is 5.55. The maximum atomic E-state index is 11.9. The van der Waals surface area contributed by atoms with Gasteiger partial charge in [0.2, 0.25) is 0 Å². The average Bonchev–Trinajstić information content (AvgIpc) is 2.78. The molecule has 2 amide bonds. The zero-order valence-corrected chi connectivity index (χ0v) is 10.3. The Kier molecular flexibility index (Phi) is 4.02. The molecule has 1 aromatic rings. The van der Waals surface area contributed by atoms with Crippen molar-refractivity contribution in [3.05, 3.63) is 29.3 Å². The van der Waals surface area contributed by atoms with Crippen molar-refractivity contribution < 1.29 is 13.9 Å². The highest BCUT2D eigenvalue weighted by Gasteiger charge is 2.24. The topological polar surface area (TPSA) is 50.4 Å². The molecule has 2 rings (SSSR count). The monoisotopic (exact) mass is 252 g/mol. The van der Waals surface area contributed by atoms with Crippen LogP contribution in [0.2, 0.25) is 0 Å². The Hall–Kier alpha value is -1.78. The van der Waals surface area contributed by atoms with Gasteiger partial charge in [-0.05, 0) is 36.1 Å². The molecular formula is C13H17FN2O2. The molecule has 1 unspecified atom stereocenters. The fourth-order valence-electron chi connectivity index (χ4n) is 2.23. The number of hydrogen-bond donors (Lipinski definition) is 2. The fraction of sp³-hybridized carbons (Fsp3) is 0.462. The summed E-state index contributed by atoms with van der Waals surface area (Å²) in [4.78, 5) is 11.5. The molecule has 0 saturated heterocycles. The molecule has 0 heterocycles. The molecule has 2 N–H and O–H groups in total. The van der Waals surface area contributed by atoms with Gasteiger partial charge < -0.3 is 15.4 Å². The van der Waals surface area contributed by atoms with Crippen molar-refractivity contribution in [3.63, 3.8) is 0 Å². The van der Waals surface area contributed by atoms with Gasteiger partial charge in [0.15, 0.2) is 0 Å². The number of fused-ring (bicyclic) bond motifs is 1. The second kappa shape index (κ2) is 5.71. The molecule has 1 atom stereocenters. The molecule has 4 nitrogen and oxygen atoms in total. The average molecular weight is 252 g/mol. The number of alkyl halides is 1. The summed E-state index contributed by atoms with van der Waals surface area (Å²) in [7, 11) is 1.62. The normalized spacial score (nSPS) is 17.1. The quantitative estimate of drug-likeness (QED) is 0.860. The van der Waals surface area contributed by atoms with Crippen molar-refractivity contribution >= 4 is 6.03 Å². The summed E-state index contributed by atoms with van der Waals surface area (Å²) in [6.07, 6.45) is 1.80. The Morgan fingerprint density at radius 3 is 3.11 bits per heavy atom. The number of halogens is 1. The second-order valence-electron chi connectivity index (χ2n) is 4.25. The van der Waals surface area contributed by atoms with E-state index < -0.39 is 6.67 Å². The molecule has 0 bridgehead atoms. The summed E-state index contributed by atoms with van der Waals surface area (Å²) in [6.45, 7) is -0.508. The predicted molar refractivity (Wildman–Crippen MR) is 66.6 cm³/mol. The summed E-state index contributed by atoms with van der Waals surface area (Å²) in [5.41, 5.74) is 2.32. The molecule has 98 valence electrons. The number of rotatable bonds is 4. The minimum Gasteiger partial charge on any atom is -0.497 e. The smallest absolute Gasteiger partial charge is 0.315 e. The maximum absolute atomic E-state index is 11.9. The van der Waals surface area contributed by atoms with E-state index in [9.17, 15) is 9.18 Å². The van der Waals surface area contributed by atoms with E-state index in [4.69, 9.17) is 4.74 Å². The van der Waals surface area contributed by atoms with Gasteiger partial charge in [-0.25, -0.2) is 9.18 Å². The van der Waals surface area contributed by atoms with Gasteiger partial charge in [-0.15, -0.1) is 0 Å². The fourth-order valence-corrected chi connectivity index (χ4v) is 2.23. The Labute approximate surface area is 106 Å². The first-order chi connectivity index (χ1) is 8.74. The Morgan fingerprint density at radius 1 is 1.56 bits per heavy atom. The number of nitrogens with one attached hydrogen (secondary N) is 2. The molecule has 0 aliphatic heterocycles. The molecule has 1 aliphatic carbocycles. The van der Waals surface area contributed by atoms with Crippen LogP contribution in [0, 0.1) is 0 Å². The molecule has 5 heteroatoms. The van der Waals surface area contributed by atoms with Crippen LogP contribution in [0.3, 0.4) is 0 Å². The third kappa shape index (κ3) is 2.72. The van der Waals surface area contributed by atoms with E-state index in [0.717, 1.165) is 24.2 Å². The molecule has 0 saturated carbocycles. The van der Waals surface area contributed by atoms with Crippen LogP contribution in [0.5, 0.6) is 5.75 Å². The number of amides is 2. The number of methoxy groups -OCH3 is 1. The molecule has 1 aromatic carbocycles. The molecule has 0 radical (unpaired) electrons. The van der Waals surface area contributed by atoms with Crippen molar-refractivity contribution in [2.75, 3.05) is 20.3 Å². The van der Waals surface area contributed by atoms with E-state index in [2.05, 4.69) is 10.6 Å². The number of carbonyl (C=O) groups excluding carboxylic acids is 1. The lowest BCUT2D eigenvalue weighted by Gasteiger charge is -2.15. The molecule has 18 heavy (non-hydrogen) atoms. The minimum absolute atomic E-state index is 0.0188. The second-order valence-corrected chi connectivity index (χ2v) is 4.25. The van der Waals surface area contributed by atoms with Gasteiger partial charge in [-0.1, -0.05) is 6.07 Å². The van der Waals surface area contributed by atoms with Gasteiger partial charge in [0.1, 0.15) is 12.4 Å². The first kappa shape index (κ1) is 12.7. The van der Waals surface area contributed by atoms with Crippen LogP contribution in [0.25, 0.3) is 0 Å². The first-order valence-electron chi connectivity index (χ1n) is 6.01. The van der Waals surface area contributed by atoms with Gasteiger partial charge in [0.25, 0.3) is 0 Å². The summed E-state index contributed by atoms with van der Waals surface area (Å²) in [5, 5.41) is 5.31. The lowest BCUT2D eigenvalue weighted by atomic mass is 10.1. The molecule has 0 fully saturated rings. The Balaban J connectivity index is 2.04. The van der Waals surface area contributed by atoms with Gasteiger partial charge in [0, 0.05) is 6.54 Å². The number of urea groups is 1. The van der Waals surface area contributed by atoms with Crippen molar-refractivity contribution in [2.45, 2.75) is 18.9 Å². The highest BCUT2D eigenvalue weighted by atomic mass is 19.1. The molecular weight excluding hydrogens is 235 g/mol. The van der Waals surface area contributed by atoms with Crippen LogP contribution in [-0.2, 0) is 6.42 Å². The number of hydrogen-bond acceptors (Lipinski definition) is 2.